The molecule has 6 heteroatoms. The van der Waals surface area contributed by atoms with Crippen LogP contribution in [0.25, 0.3) is 0 Å². The van der Waals surface area contributed by atoms with Gasteiger partial charge in [-0.05, 0) is 49.4 Å². The molecule has 0 aliphatic carbocycles. The number of likely N-dealkylation sites (tertiary alicyclic amines) is 1. The molecule has 0 bridgehead atoms. The molecule has 0 radical (unpaired) electrons. The van der Waals surface area contributed by atoms with Gasteiger partial charge in [0, 0.05) is 28.6 Å². The van der Waals surface area contributed by atoms with Crippen LogP contribution in [0.15, 0.2) is 64.4 Å². The molecule has 2 heterocycles. The summed E-state index contributed by atoms with van der Waals surface area (Å²) in [5, 5.41) is 0.627. The van der Waals surface area contributed by atoms with E-state index in [-0.39, 0.29) is 17.9 Å². The first-order chi connectivity index (χ1) is 14.6. The molecule has 2 aromatic carbocycles. The topological polar surface area (TPSA) is 40.6 Å². The Kier molecular flexibility index (Phi) is 6.49. The van der Waals surface area contributed by atoms with Crippen LogP contribution in [0.3, 0.4) is 0 Å². The summed E-state index contributed by atoms with van der Waals surface area (Å²) in [5.74, 6) is -0.216. The first-order valence-electron chi connectivity index (χ1n) is 10.4. The Morgan fingerprint density at radius 3 is 2.73 bits per heavy atom. The monoisotopic (exact) mass is 440 g/mol. The van der Waals surface area contributed by atoms with Crippen molar-refractivity contribution in [1.82, 2.24) is 4.90 Å². The predicted molar refractivity (Wildman–Crippen MR) is 123 cm³/mol. The number of nitrogens with zero attached hydrogens (tertiary/aromatic N) is 2. The van der Waals surface area contributed by atoms with Gasteiger partial charge in [0.25, 0.3) is 5.91 Å². The summed E-state index contributed by atoms with van der Waals surface area (Å²) >= 11 is 7.73. The summed E-state index contributed by atoms with van der Waals surface area (Å²) in [6.45, 7) is 3.24. The first-order valence-corrected chi connectivity index (χ1v) is 11.6. The van der Waals surface area contributed by atoms with Crippen LogP contribution in [0.1, 0.15) is 38.2 Å². The van der Waals surface area contributed by atoms with Crippen molar-refractivity contribution in [3.05, 3.63) is 70.1 Å². The molecule has 0 saturated carbocycles. The molecule has 1 atom stereocenters. The first kappa shape index (κ1) is 21.0. The molecule has 0 spiro atoms. The molecule has 2 aliphatic heterocycles. The number of fused-ring (bicyclic) bond motifs is 1. The quantitative estimate of drug-likeness (QED) is 0.576. The third-order valence-corrected chi connectivity index (χ3v) is 7.20. The molecule has 1 fully saturated rings. The summed E-state index contributed by atoms with van der Waals surface area (Å²) in [4.78, 5) is 31.5. The highest BCUT2D eigenvalue weighted by Crippen LogP contribution is 2.42. The van der Waals surface area contributed by atoms with Crippen LogP contribution in [0, 0.1) is 0 Å². The number of anilines is 1. The van der Waals surface area contributed by atoms with Gasteiger partial charge in [-0.1, -0.05) is 60.6 Å². The maximum Gasteiger partial charge on any atom is 0.265 e. The van der Waals surface area contributed by atoms with Gasteiger partial charge in [-0.15, -0.1) is 0 Å². The van der Waals surface area contributed by atoms with E-state index in [1.54, 1.807) is 4.90 Å². The van der Waals surface area contributed by atoms with Gasteiger partial charge in [0.2, 0.25) is 5.91 Å². The van der Waals surface area contributed by atoms with Gasteiger partial charge in [0.05, 0.1) is 17.1 Å². The molecule has 2 aliphatic rings. The van der Waals surface area contributed by atoms with Crippen molar-refractivity contribution >= 4 is 40.9 Å². The Balaban J connectivity index is 1.65. The number of rotatable bonds is 4. The van der Waals surface area contributed by atoms with Crippen molar-refractivity contribution in [2.45, 2.75) is 50.1 Å². The van der Waals surface area contributed by atoms with Crippen LogP contribution >= 0.6 is 23.4 Å². The standard InChI is InChI=1S/C24H25ClN2O2S/c1-2-18-10-7-8-14-26(18)23(28)15-22-24(29)27(16-17-9-3-4-11-19(17)25)20-12-5-6-13-21(20)30-22/h3-6,9,11-13,15,18H,2,7-8,10,14,16H2,1H3/b22-15+/t18-/m1/s1. The Labute approximate surface area is 186 Å². The molecule has 0 N–H and O–H groups in total. The molecule has 156 valence electrons. The van der Waals surface area contributed by atoms with Gasteiger partial charge < -0.3 is 9.80 Å². The lowest BCUT2D eigenvalue weighted by Gasteiger charge is -2.35. The zero-order chi connectivity index (χ0) is 21.1. The molecule has 2 aromatic rings. The normalized spacial score (nSPS) is 20.4. The molecule has 30 heavy (non-hydrogen) atoms. The molecular formula is C24H25ClN2O2S. The van der Waals surface area contributed by atoms with Crippen molar-refractivity contribution in [3.63, 3.8) is 0 Å². The fourth-order valence-electron chi connectivity index (χ4n) is 4.13. The van der Waals surface area contributed by atoms with Gasteiger partial charge >= 0.3 is 0 Å². The smallest absolute Gasteiger partial charge is 0.265 e. The Morgan fingerprint density at radius 2 is 1.93 bits per heavy atom. The van der Waals surface area contributed by atoms with Gasteiger partial charge in [0.15, 0.2) is 0 Å². The summed E-state index contributed by atoms with van der Waals surface area (Å²) in [5.41, 5.74) is 1.73. The molecule has 4 rings (SSSR count). The minimum Gasteiger partial charge on any atom is -0.336 e. The maximum atomic E-state index is 13.4. The number of thioether (sulfide) groups is 1. The fraction of sp³-hybridized carbons (Fsp3) is 0.333. The average Bonchev–Trinajstić information content (AvgIpc) is 2.77. The highest BCUT2D eigenvalue weighted by Gasteiger charge is 2.31. The summed E-state index contributed by atoms with van der Waals surface area (Å²) in [7, 11) is 0. The lowest BCUT2D eigenvalue weighted by atomic mass is 10.00. The minimum atomic E-state index is -0.156. The highest BCUT2D eigenvalue weighted by atomic mass is 35.5. The van der Waals surface area contributed by atoms with E-state index in [0.29, 0.717) is 16.5 Å². The number of carbonyl (C=O) groups excluding carboxylic acids is 2. The van der Waals surface area contributed by atoms with E-state index in [4.69, 9.17) is 11.6 Å². The van der Waals surface area contributed by atoms with Crippen LogP contribution < -0.4 is 4.90 Å². The van der Waals surface area contributed by atoms with Gasteiger partial charge in [-0.3, -0.25) is 9.59 Å². The largest absolute Gasteiger partial charge is 0.336 e. The maximum absolute atomic E-state index is 13.4. The minimum absolute atomic E-state index is 0.0607. The number of hydrogen-bond acceptors (Lipinski definition) is 3. The Bertz CT molecular complexity index is 991. The van der Waals surface area contributed by atoms with Gasteiger partial charge in [-0.2, -0.15) is 0 Å². The molecule has 1 saturated heterocycles. The molecular weight excluding hydrogens is 416 g/mol. The zero-order valence-corrected chi connectivity index (χ0v) is 18.6. The van der Waals surface area contributed by atoms with Crippen LogP contribution in [0.2, 0.25) is 5.02 Å². The number of amides is 2. The second-order valence-corrected chi connectivity index (χ2v) is 9.14. The Hall–Kier alpha value is -2.24. The van der Waals surface area contributed by atoms with Crippen molar-refractivity contribution in [2.24, 2.45) is 0 Å². The molecule has 2 amide bonds. The van der Waals surface area contributed by atoms with E-state index in [1.165, 1.54) is 17.8 Å². The number of benzene rings is 2. The van der Waals surface area contributed by atoms with Crippen molar-refractivity contribution in [1.29, 1.82) is 0 Å². The molecule has 0 aromatic heterocycles. The van der Waals surface area contributed by atoms with E-state index in [1.807, 2.05) is 53.4 Å². The zero-order valence-electron chi connectivity index (χ0n) is 17.0. The summed E-state index contributed by atoms with van der Waals surface area (Å²) < 4.78 is 0. The summed E-state index contributed by atoms with van der Waals surface area (Å²) in [6.07, 6.45) is 5.70. The SMILES string of the molecule is CC[C@@H]1CCCCN1C(=O)/C=C1/Sc2ccccc2N(Cc2ccccc2Cl)C1=O. The lowest BCUT2D eigenvalue weighted by molar-refractivity contribution is -0.130. The number of carbonyl (C=O) groups is 2. The number of hydrogen-bond donors (Lipinski definition) is 0. The van der Waals surface area contributed by atoms with Crippen LogP contribution in [-0.2, 0) is 16.1 Å². The van der Waals surface area contributed by atoms with E-state index in [0.717, 1.165) is 48.4 Å². The van der Waals surface area contributed by atoms with Crippen LogP contribution in [-0.4, -0.2) is 29.3 Å². The summed E-state index contributed by atoms with van der Waals surface area (Å²) in [6, 6.07) is 15.6. The van der Waals surface area contributed by atoms with E-state index in [2.05, 4.69) is 6.92 Å². The van der Waals surface area contributed by atoms with Crippen LogP contribution in [0.4, 0.5) is 5.69 Å². The third kappa shape index (κ3) is 4.28. The van der Waals surface area contributed by atoms with E-state index in [9.17, 15) is 9.59 Å². The van der Waals surface area contributed by atoms with E-state index < -0.39 is 0 Å². The molecule has 0 unspecified atom stereocenters. The fourth-order valence-corrected chi connectivity index (χ4v) is 5.35. The predicted octanol–water partition coefficient (Wildman–Crippen LogP) is 5.65. The third-order valence-electron chi connectivity index (χ3n) is 5.75. The van der Waals surface area contributed by atoms with Crippen molar-refractivity contribution < 1.29 is 9.59 Å². The van der Waals surface area contributed by atoms with E-state index >= 15 is 0 Å². The van der Waals surface area contributed by atoms with Gasteiger partial charge in [0.1, 0.15) is 0 Å². The van der Waals surface area contributed by atoms with Crippen molar-refractivity contribution in [2.75, 3.05) is 11.4 Å². The number of piperidine rings is 1. The van der Waals surface area contributed by atoms with Crippen molar-refractivity contribution in [3.8, 4) is 0 Å². The van der Waals surface area contributed by atoms with Gasteiger partial charge in [-0.25, -0.2) is 0 Å². The second-order valence-electron chi connectivity index (χ2n) is 7.65. The number of halogens is 1. The lowest BCUT2D eigenvalue weighted by Crippen LogP contribution is -2.43. The number of para-hydroxylation sites is 1. The van der Waals surface area contributed by atoms with Crippen LogP contribution in [0.5, 0.6) is 0 Å². The highest BCUT2D eigenvalue weighted by molar-refractivity contribution is 8.04. The average molecular weight is 441 g/mol. The second kappa shape index (κ2) is 9.27. The Morgan fingerprint density at radius 1 is 1.17 bits per heavy atom. The molecule has 4 nitrogen and oxygen atoms in total.